The Morgan fingerprint density at radius 2 is 1.86 bits per heavy atom. The molecule has 0 saturated heterocycles. The average Bonchev–Trinajstić information content (AvgIpc) is 2.89. The number of ether oxygens (including phenoxy) is 3. The van der Waals surface area contributed by atoms with Crippen LogP contribution in [-0.4, -0.2) is 23.8 Å². The van der Waals surface area contributed by atoms with Gasteiger partial charge in [-0.25, -0.2) is 4.98 Å². The van der Waals surface area contributed by atoms with Crippen molar-refractivity contribution in [2.45, 2.75) is 26.7 Å². The van der Waals surface area contributed by atoms with Gasteiger partial charge in [0.2, 0.25) is 0 Å². The van der Waals surface area contributed by atoms with Crippen LogP contribution in [-0.2, 0) is 24.6 Å². The van der Waals surface area contributed by atoms with Crippen LogP contribution in [0.5, 0.6) is 11.5 Å². The molecule has 0 atom stereocenters. The number of para-hydroxylation sites is 2. The molecule has 6 heteroatoms. The van der Waals surface area contributed by atoms with E-state index in [4.69, 9.17) is 14.2 Å². The number of rotatable bonds is 8. The van der Waals surface area contributed by atoms with Gasteiger partial charge in [-0.1, -0.05) is 12.1 Å². The van der Waals surface area contributed by atoms with Crippen molar-refractivity contribution >= 4 is 11.3 Å². The summed E-state index contributed by atoms with van der Waals surface area (Å²) in [5.41, 5.74) is 0.765. The third kappa shape index (κ3) is 4.17. The van der Waals surface area contributed by atoms with E-state index < -0.39 is 0 Å². The fourth-order valence-corrected chi connectivity index (χ4v) is 2.70. The number of aliphatic hydroxyl groups excluding tert-OH is 1. The Bertz CT molecular complexity index is 571. The second kappa shape index (κ2) is 7.97. The molecule has 5 nitrogen and oxygen atoms in total. The molecule has 0 spiro atoms. The highest BCUT2D eigenvalue weighted by Crippen LogP contribution is 2.28. The first-order chi connectivity index (χ1) is 10.3. The van der Waals surface area contributed by atoms with Gasteiger partial charge in [0.15, 0.2) is 11.5 Å². The van der Waals surface area contributed by atoms with Crippen LogP contribution in [0.1, 0.15) is 22.5 Å². The predicted octanol–water partition coefficient (Wildman–Crippen LogP) is 2.76. The number of aromatic nitrogens is 1. The lowest BCUT2D eigenvalue weighted by Gasteiger charge is -2.10. The molecule has 1 aromatic carbocycles. The summed E-state index contributed by atoms with van der Waals surface area (Å²) in [6.07, 6.45) is 0. The highest BCUT2D eigenvalue weighted by atomic mass is 32.1. The van der Waals surface area contributed by atoms with Crippen LogP contribution >= 0.6 is 11.3 Å². The number of thiazole rings is 1. The summed E-state index contributed by atoms with van der Waals surface area (Å²) in [5, 5.41) is 10.1. The first-order valence-corrected chi connectivity index (χ1v) is 7.52. The summed E-state index contributed by atoms with van der Waals surface area (Å²) in [5.74, 6) is 1.41. The topological polar surface area (TPSA) is 60.8 Å². The van der Waals surface area contributed by atoms with Gasteiger partial charge in [0.25, 0.3) is 0 Å². The molecule has 0 fully saturated rings. The highest BCUT2D eigenvalue weighted by molar-refractivity contribution is 7.11. The largest absolute Gasteiger partial charge is 0.490 e. The van der Waals surface area contributed by atoms with Gasteiger partial charge < -0.3 is 19.3 Å². The van der Waals surface area contributed by atoms with E-state index in [9.17, 15) is 5.11 Å². The maximum absolute atomic E-state index is 9.31. The number of nitrogens with zero attached hydrogens (tertiary/aromatic N) is 1. The highest BCUT2D eigenvalue weighted by Gasteiger charge is 2.11. The molecule has 0 unspecified atom stereocenters. The van der Waals surface area contributed by atoms with Crippen molar-refractivity contribution in [3.63, 3.8) is 0 Å². The molecule has 0 radical (unpaired) electrons. The first-order valence-electron chi connectivity index (χ1n) is 6.70. The van der Waals surface area contributed by atoms with E-state index in [1.807, 2.05) is 31.2 Å². The molecule has 21 heavy (non-hydrogen) atoms. The van der Waals surface area contributed by atoms with Crippen molar-refractivity contribution in [2.75, 3.05) is 13.7 Å². The fourth-order valence-electron chi connectivity index (χ4n) is 1.86. The average molecular weight is 309 g/mol. The van der Waals surface area contributed by atoms with E-state index in [2.05, 4.69) is 4.98 Å². The predicted molar refractivity (Wildman–Crippen MR) is 80.7 cm³/mol. The molecule has 0 aliphatic heterocycles. The Labute approximate surface area is 128 Å². The molecule has 2 rings (SSSR count). The number of methoxy groups -OCH3 is 1. The van der Waals surface area contributed by atoms with Crippen LogP contribution in [0.3, 0.4) is 0 Å². The van der Waals surface area contributed by atoms with Crippen molar-refractivity contribution in [3.05, 3.63) is 39.8 Å². The van der Waals surface area contributed by atoms with Gasteiger partial charge in [0, 0.05) is 7.11 Å². The molecule has 0 saturated carbocycles. The summed E-state index contributed by atoms with van der Waals surface area (Å²) in [6.45, 7) is 3.21. The van der Waals surface area contributed by atoms with Crippen molar-refractivity contribution in [1.82, 2.24) is 4.98 Å². The summed E-state index contributed by atoms with van der Waals surface area (Å²) in [6, 6.07) is 7.54. The van der Waals surface area contributed by atoms with E-state index in [1.165, 1.54) is 11.3 Å². The number of aliphatic hydroxyl groups is 1. The van der Waals surface area contributed by atoms with E-state index >= 15 is 0 Å². The lowest BCUT2D eigenvalue weighted by atomic mass is 10.3. The van der Waals surface area contributed by atoms with Crippen molar-refractivity contribution in [3.8, 4) is 11.5 Å². The van der Waals surface area contributed by atoms with Gasteiger partial charge in [0.05, 0.1) is 30.4 Å². The number of hydrogen-bond donors (Lipinski definition) is 1. The molecule has 0 amide bonds. The fraction of sp³-hybridized carbons (Fsp3) is 0.400. The third-order valence-electron chi connectivity index (χ3n) is 2.75. The van der Waals surface area contributed by atoms with Gasteiger partial charge in [-0.15, -0.1) is 11.3 Å². The zero-order chi connectivity index (χ0) is 15.1. The second-order valence-corrected chi connectivity index (χ2v) is 5.41. The molecule has 2 aromatic rings. The Hall–Kier alpha value is -1.63. The standard InChI is InChI=1S/C15H19NO4S/c1-3-19-12-6-4-5-7-13(12)20-10-15-16-11(9-18-2)14(8-17)21-15/h4-7,17H,3,8-10H2,1-2H3. The zero-order valence-electron chi connectivity index (χ0n) is 12.2. The van der Waals surface area contributed by atoms with E-state index in [0.717, 1.165) is 21.3 Å². The third-order valence-corrected chi connectivity index (χ3v) is 3.80. The molecular formula is C15H19NO4S. The summed E-state index contributed by atoms with van der Waals surface area (Å²) in [7, 11) is 1.61. The second-order valence-electron chi connectivity index (χ2n) is 4.24. The monoisotopic (exact) mass is 309 g/mol. The number of benzene rings is 1. The normalized spacial score (nSPS) is 10.6. The minimum absolute atomic E-state index is 0.0358. The van der Waals surface area contributed by atoms with Gasteiger partial charge in [-0.2, -0.15) is 0 Å². The molecule has 0 bridgehead atoms. The van der Waals surface area contributed by atoms with Gasteiger partial charge in [-0.05, 0) is 19.1 Å². The van der Waals surface area contributed by atoms with Crippen LogP contribution in [0.2, 0.25) is 0 Å². The molecule has 0 aliphatic rings. The lowest BCUT2D eigenvalue weighted by molar-refractivity contribution is 0.178. The van der Waals surface area contributed by atoms with Crippen LogP contribution in [0.15, 0.2) is 24.3 Å². The number of hydrogen-bond acceptors (Lipinski definition) is 6. The molecule has 1 N–H and O–H groups in total. The first kappa shape index (κ1) is 15.8. The van der Waals surface area contributed by atoms with Gasteiger partial charge in [0.1, 0.15) is 11.6 Å². The quantitative estimate of drug-likeness (QED) is 0.812. The van der Waals surface area contributed by atoms with Crippen molar-refractivity contribution in [2.24, 2.45) is 0 Å². The van der Waals surface area contributed by atoms with Crippen LogP contribution in [0.4, 0.5) is 0 Å². The van der Waals surface area contributed by atoms with Crippen LogP contribution in [0.25, 0.3) is 0 Å². The van der Waals surface area contributed by atoms with Crippen molar-refractivity contribution in [1.29, 1.82) is 0 Å². The molecule has 1 heterocycles. The molecule has 1 aromatic heterocycles. The van der Waals surface area contributed by atoms with Gasteiger partial charge >= 0.3 is 0 Å². The lowest BCUT2D eigenvalue weighted by Crippen LogP contribution is -1.99. The Morgan fingerprint density at radius 3 is 2.48 bits per heavy atom. The zero-order valence-corrected chi connectivity index (χ0v) is 13.0. The van der Waals surface area contributed by atoms with E-state index in [1.54, 1.807) is 7.11 Å². The Balaban J connectivity index is 2.06. The minimum atomic E-state index is -0.0358. The SMILES string of the molecule is CCOc1ccccc1OCc1nc(COC)c(CO)s1. The van der Waals surface area contributed by atoms with Crippen molar-refractivity contribution < 1.29 is 19.3 Å². The molecule has 0 aliphatic carbocycles. The Morgan fingerprint density at radius 1 is 1.14 bits per heavy atom. The van der Waals surface area contributed by atoms with E-state index in [-0.39, 0.29) is 6.61 Å². The maximum Gasteiger partial charge on any atom is 0.161 e. The van der Waals surface area contributed by atoms with Gasteiger partial charge in [-0.3, -0.25) is 0 Å². The smallest absolute Gasteiger partial charge is 0.161 e. The molecular weight excluding hydrogens is 290 g/mol. The summed E-state index contributed by atoms with van der Waals surface area (Å²) in [4.78, 5) is 5.24. The summed E-state index contributed by atoms with van der Waals surface area (Å²) < 4.78 is 16.3. The Kier molecular flexibility index (Phi) is 5.98. The van der Waals surface area contributed by atoms with Crippen LogP contribution < -0.4 is 9.47 Å². The molecule has 114 valence electrons. The minimum Gasteiger partial charge on any atom is -0.490 e. The van der Waals surface area contributed by atoms with E-state index in [0.29, 0.717) is 25.6 Å². The van der Waals surface area contributed by atoms with Crippen LogP contribution in [0, 0.1) is 0 Å². The summed E-state index contributed by atoms with van der Waals surface area (Å²) >= 11 is 1.43. The maximum atomic E-state index is 9.31.